The van der Waals surface area contributed by atoms with Gasteiger partial charge in [-0.3, -0.25) is 14.6 Å². The third-order valence-electron chi connectivity index (χ3n) is 10.9. The molecule has 11 nitrogen and oxygen atoms in total. The number of alkyl halides is 1. The van der Waals surface area contributed by atoms with Gasteiger partial charge in [0, 0.05) is 57.9 Å². The van der Waals surface area contributed by atoms with Crippen molar-refractivity contribution in [2.45, 2.75) is 95.7 Å². The zero-order chi connectivity index (χ0) is 32.3. The predicted molar refractivity (Wildman–Crippen MR) is 180 cm³/mol. The molecule has 1 unspecified atom stereocenters. The summed E-state index contributed by atoms with van der Waals surface area (Å²) >= 11 is 0. The topological polar surface area (TPSA) is 125 Å². The minimum absolute atomic E-state index is 0.0163. The van der Waals surface area contributed by atoms with Crippen LogP contribution < -0.4 is 21.3 Å². The Hall–Kier alpha value is -3.41. The number of carbonyl (C=O) groups is 2. The lowest BCUT2D eigenvalue weighted by molar-refractivity contribution is -0.137. The number of aromatic nitrogens is 3. The molecule has 2 amide bonds. The maximum atomic E-state index is 15.9. The Morgan fingerprint density at radius 1 is 0.957 bits per heavy atom. The van der Waals surface area contributed by atoms with E-state index >= 15 is 4.39 Å². The van der Waals surface area contributed by atoms with E-state index in [4.69, 9.17) is 5.73 Å². The van der Waals surface area contributed by atoms with Crippen molar-refractivity contribution < 1.29 is 14.0 Å². The monoisotopic (exact) mass is 637 g/mol. The average molecular weight is 638 g/mol. The molecule has 252 valence electrons. The van der Waals surface area contributed by atoms with E-state index < -0.39 is 11.7 Å². The number of piperazine rings is 1. The van der Waals surface area contributed by atoms with Crippen LogP contribution in [0, 0.1) is 12.8 Å². The molecule has 3 fully saturated rings. The van der Waals surface area contributed by atoms with Gasteiger partial charge in [0.1, 0.15) is 17.6 Å². The van der Waals surface area contributed by atoms with E-state index in [9.17, 15) is 9.59 Å². The number of nitrogens with two attached hydrogens (primary N) is 1. The highest BCUT2D eigenvalue weighted by molar-refractivity contribution is 6.12. The number of fused-ring (bicyclic) bond motifs is 2. The largest absolute Gasteiger partial charge is 0.381 e. The first kappa shape index (κ1) is 32.5. The zero-order valence-electron chi connectivity index (χ0n) is 27.7. The van der Waals surface area contributed by atoms with E-state index in [2.05, 4.69) is 37.6 Å². The molecule has 3 aliphatic heterocycles. The van der Waals surface area contributed by atoms with Crippen LogP contribution in [0.1, 0.15) is 93.0 Å². The minimum Gasteiger partial charge on any atom is -0.381 e. The van der Waals surface area contributed by atoms with E-state index in [-0.39, 0.29) is 35.7 Å². The lowest BCUT2D eigenvalue weighted by Gasteiger charge is -2.42. The van der Waals surface area contributed by atoms with Gasteiger partial charge in [-0.1, -0.05) is 51.4 Å². The third kappa shape index (κ3) is 6.55. The molecule has 0 radical (unpaired) electrons. The van der Waals surface area contributed by atoms with E-state index in [1.165, 1.54) is 25.7 Å². The third-order valence-corrected chi connectivity index (χ3v) is 10.9. The standard InChI is InChI=1S/C34H52FN9O2/c1-24-21-37-22-26(29(24)42-15-11-25(12-16-42)33(46)43-19-17-41(2)18-20-43)39-32(45)28-30(36)40-44-31(28)38-23-27(35)34(44)13-9-7-5-3-4-6-8-10-14-34/h21-22,25,27,38H,3-20,23H2,1-2H3,(H2,36,40)(H,39,45). The first-order valence-electron chi connectivity index (χ1n) is 17.5. The van der Waals surface area contributed by atoms with Gasteiger partial charge >= 0.3 is 0 Å². The van der Waals surface area contributed by atoms with Crippen LogP contribution in [0.25, 0.3) is 0 Å². The Bertz CT molecular complexity index is 1370. The number of carbonyl (C=O) groups excluding carboxylic acids is 2. The molecule has 2 saturated heterocycles. The van der Waals surface area contributed by atoms with Crippen LogP contribution in [0.15, 0.2) is 12.4 Å². The Morgan fingerprint density at radius 2 is 1.59 bits per heavy atom. The molecule has 4 aliphatic rings. The number of piperidine rings is 1. The lowest BCUT2D eigenvalue weighted by Crippen LogP contribution is -2.51. The van der Waals surface area contributed by atoms with Crippen molar-refractivity contribution in [1.29, 1.82) is 0 Å². The molecule has 1 spiro atoms. The van der Waals surface area contributed by atoms with Crippen molar-refractivity contribution >= 4 is 34.8 Å². The second kappa shape index (κ2) is 14.1. The summed E-state index contributed by atoms with van der Waals surface area (Å²) in [4.78, 5) is 38.2. The Morgan fingerprint density at radius 3 is 2.24 bits per heavy atom. The van der Waals surface area contributed by atoms with Crippen molar-refractivity contribution in [3.05, 3.63) is 23.5 Å². The summed E-state index contributed by atoms with van der Waals surface area (Å²) in [7, 11) is 2.10. The van der Waals surface area contributed by atoms with Gasteiger partial charge in [-0.15, -0.1) is 0 Å². The smallest absolute Gasteiger partial charge is 0.263 e. The van der Waals surface area contributed by atoms with E-state index in [0.29, 0.717) is 37.4 Å². The van der Waals surface area contributed by atoms with Gasteiger partial charge in [-0.05, 0) is 45.2 Å². The molecule has 12 heteroatoms. The summed E-state index contributed by atoms with van der Waals surface area (Å²) < 4.78 is 17.7. The summed E-state index contributed by atoms with van der Waals surface area (Å²) in [6.07, 6.45) is 14.1. The number of likely N-dealkylation sites (N-methyl/N-ethyl adjacent to an activating group) is 1. The molecule has 1 aliphatic carbocycles. The SMILES string of the molecule is Cc1cncc(NC(=O)c2c(N)nn3c2NCC(F)C32CCCCCCCCCC2)c1N1CCC(C(=O)N2CCN(C)CC2)CC1. The number of pyridine rings is 1. The Kier molecular flexibility index (Phi) is 10.0. The molecule has 2 aromatic heterocycles. The van der Waals surface area contributed by atoms with Crippen LogP contribution in [-0.4, -0.2) is 95.4 Å². The van der Waals surface area contributed by atoms with Crippen molar-refractivity contribution in [3.63, 3.8) is 0 Å². The van der Waals surface area contributed by atoms with Crippen LogP contribution in [-0.2, 0) is 10.3 Å². The van der Waals surface area contributed by atoms with Crippen molar-refractivity contribution in [1.82, 2.24) is 24.6 Å². The Labute approximate surface area is 272 Å². The molecule has 6 rings (SSSR count). The number of halogens is 1. The number of aryl methyl sites for hydroxylation is 1. The molecular weight excluding hydrogens is 585 g/mol. The van der Waals surface area contributed by atoms with E-state index in [1.54, 1.807) is 17.1 Å². The molecule has 5 heterocycles. The number of nitrogens with one attached hydrogen (secondary N) is 2. The maximum Gasteiger partial charge on any atom is 0.263 e. The summed E-state index contributed by atoms with van der Waals surface area (Å²) in [5.41, 5.74) is 8.36. The summed E-state index contributed by atoms with van der Waals surface area (Å²) in [5, 5.41) is 10.9. The number of nitrogens with zero attached hydrogens (tertiary/aromatic N) is 6. The highest BCUT2D eigenvalue weighted by Crippen LogP contribution is 2.44. The summed E-state index contributed by atoms with van der Waals surface area (Å²) in [6.45, 7) is 6.96. The second-order valence-electron chi connectivity index (χ2n) is 14.0. The molecule has 4 N–H and O–H groups in total. The second-order valence-corrected chi connectivity index (χ2v) is 14.0. The fourth-order valence-corrected chi connectivity index (χ4v) is 8.12. The molecule has 0 aromatic carbocycles. The number of amides is 2. The normalized spacial score (nSPS) is 23.3. The van der Waals surface area contributed by atoms with Crippen LogP contribution in [0.3, 0.4) is 0 Å². The first-order valence-corrected chi connectivity index (χ1v) is 17.5. The van der Waals surface area contributed by atoms with E-state index in [1.807, 2.05) is 11.8 Å². The summed E-state index contributed by atoms with van der Waals surface area (Å²) in [5.74, 6) is 0.505. The van der Waals surface area contributed by atoms with Gasteiger partial charge in [0.15, 0.2) is 5.82 Å². The lowest BCUT2D eigenvalue weighted by atomic mass is 9.81. The molecule has 46 heavy (non-hydrogen) atoms. The van der Waals surface area contributed by atoms with Crippen molar-refractivity contribution in [3.8, 4) is 0 Å². The van der Waals surface area contributed by atoms with Gasteiger partial charge in [0.05, 0.1) is 23.1 Å². The van der Waals surface area contributed by atoms with Gasteiger partial charge in [-0.25, -0.2) is 9.07 Å². The zero-order valence-corrected chi connectivity index (χ0v) is 27.7. The summed E-state index contributed by atoms with van der Waals surface area (Å²) in [6, 6.07) is 0. The molecule has 0 bridgehead atoms. The molecular formula is C34H52FN9O2. The number of rotatable bonds is 4. The quantitative estimate of drug-likeness (QED) is 0.438. The van der Waals surface area contributed by atoms with Gasteiger partial charge in [0.25, 0.3) is 5.91 Å². The molecule has 1 saturated carbocycles. The highest BCUT2D eigenvalue weighted by Gasteiger charge is 2.47. The van der Waals surface area contributed by atoms with E-state index in [0.717, 1.165) is 76.0 Å². The predicted octanol–water partition coefficient (Wildman–Crippen LogP) is 4.78. The fraction of sp³-hybridized carbons (Fsp3) is 0.706. The number of hydrogen-bond acceptors (Lipinski definition) is 8. The van der Waals surface area contributed by atoms with Crippen LogP contribution >= 0.6 is 0 Å². The van der Waals surface area contributed by atoms with Gasteiger partial charge in [-0.2, -0.15) is 5.10 Å². The van der Waals surface area contributed by atoms with Crippen LogP contribution in [0.5, 0.6) is 0 Å². The molecule has 2 aromatic rings. The van der Waals surface area contributed by atoms with Gasteiger partial charge in [0.2, 0.25) is 5.91 Å². The maximum absolute atomic E-state index is 15.9. The minimum atomic E-state index is -1.12. The van der Waals surface area contributed by atoms with Crippen molar-refractivity contribution in [2.75, 3.05) is 74.1 Å². The number of anilines is 4. The van der Waals surface area contributed by atoms with Crippen LogP contribution in [0.2, 0.25) is 0 Å². The van der Waals surface area contributed by atoms with Crippen molar-refractivity contribution in [2.24, 2.45) is 5.92 Å². The highest BCUT2D eigenvalue weighted by atomic mass is 19.1. The fourth-order valence-electron chi connectivity index (χ4n) is 8.12. The van der Waals surface area contributed by atoms with Gasteiger partial charge < -0.3 is 31.1 Å². The van der Waals surface area contributed by atoms with Crippen LogP contribution in [0.4, 0.5) is 27.4 Å². The first-order chi connectivity index (χ1) is 22.3. The number of nitrogen functional groups attached to an aromatic ring is 1. The average Bonchev–Trinajstić information content (AvgIpc) is 3.37. The number of hydrogen-bond donors (Lipinski definition) is 3. The Balaban J connectivity index is 1.20. The molecule has 1 atom stereocenters.